The number of nitrogens with zero attached hydrogens (tertiary/aromatic N) is 2. The summed E-state index contributed by atoms with van der Waals surface area (Å²) < 4.78 is 17.6. The van der Waals surface area contributed by atoms with Crippen LogP contribution in [0.25, 0.3) is 0 Å². The number of para-hydroxylation sites is 2. The molecule has 2 aromatic carbocycles. The highest BCUT2D eigenvalue weighted by Crippen LogP contribution is 2.34. The third-order valence-corrected chi connectivity index (χ3v) is 6.26. The summed E-state index contributed by atoms with van der Waals surface area (Å²) in [4.78, 5) is 19.5. The average Bonchev–Trinajstić information content (AvgIpc) is 2.88. The molecular weight excluding hydrogens is 454 g/mol. The van der Waals surface area contributed by atoms with Crippen LogP contribution in [-0.2, 0) is 17.9 Å². The Labute approximate surface area is 213 Å². The number of benzene rings is 2. The molecule has 7 heteroatoms. The van der Waals surface area contributed by atoms with Gasteiger partial charge in [-0.15, -0.1) is 0 Å². The van der Waals surface area contributed by atoms with Crippen LogP contribution in [0.2, 0.25) is 0 Å². The molecule has 7 nitrogen and oxygen atoms in total. The largest absolute Gasteiger partial charge is 0.497 e. The molecule has 0 unspecified atom stereocenters. The normalized spacial score (nSPS) is 16.0. The van der Waals surface area contributed by atoms with Crippen LogP contribution in [0.1, 0.15) is 37.8 Å². The van der Waals surface area contributed by atoms with E-state index in [1.165, 1.54) is 0 Å². The SMILES string of the molecule is COc1ccc(CNC(=O)CN2CCCC(C)(C)COc3ccccc3Oc3ncccc3C2)cc1. The Morgan fingerprint density at radius 3 is 2.64 bits per heavy atom. The van der Waals surface area contributed by atoms with Gasteiger partial charge in [-0.1, -0.05) is 44.2 Å². The molecule has 1 aliphatic heterocycles. The van der Waals surface area contributed by atoms with Gasteiger partial charge in [0.25, 0.3) is 0 Å². The maximum Gasteiger partial charge on any atom is 0.234 e. The van der Waals surface area contributed by atoms with Gasteiger partial charge < -0.3 is 19.5 Å². The molecule has 3 aromatic rings. The molecule has 0 aliphatic carbocycles. The zero-order valence-corrected chi connectivity index (χ0v) is 21.3. The number of carbonyl (C=O) groups is 1. The van der Waals surface area contributed by atoms with Gasteiger partial charge in [-0.05, 0) is 60.7 Å². The molecule has 0 spiro atoms. The van der Waals surface area contributed by atoms with Crippen molar-refractivity contribution < 1.29 is 19.0 Å². The predicted octanol–water partition coefficient (Wildman–Crippen LogP) is 5.20. The molecule has 2 heterocycles. The van der Waals surface area contributed by atoms with Gasteiger partial charge in [0.05, 0.1) is 20.3 Å². The van der Waals surface area contributed by atoms with Gasteiger partial charge in [0.1, 0.15) is 5.75 Å². The third-order valence-electron chi connectivity index (χ3n) is 6.26. The van der Waals surface area contributed by atoms with E-state index in [4.69, 9.17) is 14.2 Å². The van der Waals surface area contributed by atoms with Gasteiger partial charge in [-0.25, -0.2) is 4.98 Å². The molecule has 1 amide bonds. The van der Waals surface area contributed by atoms with Crippen molar-refractivity contribution >= 4 is 5.91 Å². The number of fused-ring (bicyclic) bond motifs is 2. The van der Waals surface area contributed by atoms with Crippen LogP contribution >= 0.6 is 0 Å². The van der Waals surface area contributed by atoms with Gasteiger partial charge in [-0.2, -0.15) is 0 Å². The van der Waals surface area contributed by atoms with Crippen LogP contribution in [-0.4, -0.2) is 42.6 Å². The molecule has 0 radical (unpaired) electrons. The number of aromatic nitrogens is 1. The molecule has 190 valence electrons. The molecule has 1 N–H and O–H groups in total. The minimum atomic E-state index is -0.0193. The minimum absolute atomic E-state index is 0.0190. The first-order valence-electron chi connectivity index (χ1n) is 12.4. The number of pyridine rings is 1. The zero-order valence-electron chi connectivity index (χ0n) is 21.3. The Balaban J connectivity index is 1.49. The second kappa shape index (κ2) is 11.9. The monoisotopic (exact) mass is 489 g/mol. The van der Waals surface area contributed by atoms with Crippen molar-refractivity contribution in [1.82, 2.24) is 15.2 Å². The minimum Gasteiger partial charge on any atom is -0.497 e. The Morgan fingerprint density at radius 1 is 1.08 bits per heavy atom. The summed E-state index contributed by atoms with van der Waals surface area (Å²) in [6.07, 6.45) is 3.63. The van der Waals surface area contributed by atoms with Gasteiger partial charge in [0.2, 0.25) is 11.8 Å². The van der Waals surface area contributed by atoms with Crippen molar-refractivity contribution in [1.29, 1.82) is 0 Å². The second-order valence-electron chi connectivity index (χ2n) is 9.91. The van der Waals surface area contributed by atoms with Crippen LogP contribution in [0, 0.1) is 5.41 Å². The summed E-state index contributed by atoms with van der Waals surface area (Å²) in [5, 5.41) is 3.05. The van der Waals surface area contributed by atoms with Crippen LogP contribution in [0.5, 0.6) is 23.1 Å². The molecule has 0 bridgehead atoms. The molecule has 0 fully saturated rings. The highest BCUT2D eigenvalue weighted by Gasteiger charge is 2.23. The quantitative estimate of drug-likeness (QED) is 0.531. The summed E-state index contributed by atoms with van der Waals surface area (Å²) in [6.45, 7) is 7.09. The first-order valence-corrected chi connectivity index (χ1v) is 12.4. The first kappa shape index (κ1) is 25.5. The fourth-order valence-corrected chi connectivity index (χ4v) is 4.18. The van der Waals surface area contributed by atoms with Crippen LogP contribution in [0.4, 0.5) is 0 Å². The lowest BCUT2D eigenvalue weighted by Crippen LogP contribution is -2.37. The Kier molecular flexibility index (Phi) is 8.44. The smallest absolute Gasteiger partial charge is 0.234 e. The molecule has 0 atom stereocenters. The first-order chi connectivity index (χ1) is 17.4. The highest BCUT2D eigenvalue weighted by atomic mass is 16.5. The van der Waals surface area contributed by atoms with Crippen molar-refractivity contribution in [3.63, 3.8) is 0 Å². The standard InChI is InChI=1S/C29H35N3O4/c1-29(2)15-7-17-32(20-27(33)31-18-22-11-13-24(34-3)14-12-22)19-23-8-6-16-30-28(23)36-26-10-5-4-9-25(26)35-21-29/h4-6,8-14,16H,7,15,17-21H2,1-3H3,(H,31,33). The topological polar surface area (TPSA) is 72.9 Å². The van der Waals surface area contributed by atoms with Gasteiger partial charge in [0, 0.05) is 24.8 Å². The lowest BCUT2D eigenvalue weighted by atomic mass is 9.88. The number of ether oxygens (including phenoxy) is 3. The lowest BCUT2D eigenvalue weighted by molar-refractivity contribution is -0.122. The lowest BCUT2D eigenvalue weighted by Gasteiger charge is -2.27. The predicted molar refractivity (Wildman–Crippen MR) is 139 cm³/mol. The molecule has 0 saturated heterocycles. The Bertz CT molecular complexity index is 1150. The summed E-state index contributed by atoms with van der Waals surface area (Å²) >= 11 is 0. The molecule has 1 aromatic heterocycles. The van der Waals surface area contributed by atoms with Crippen molar-refractivity contribution in [2.24, 2.45) is 5.41 Å². The van der Waals surface area contributed by atoms with E-state index in [1.807, 2.05) is 60.7 Å². The summed E-state index contributed by atoms with van der Waals surface area (Å²) in [5.41, 5.74) is 1.93. The van der Waals surface area contributed by atoms with Gasteiger partial charge in [0.15, 0.2) is 11.5 Å². The highest BCUT2D eigenvalue weighted by molar-refractivity contribution is 5.78. The number of hydrogen-bond donors (Lipinski definition) is 1. The Hall–Kier alpha value is -3.58. The van der Waals surface area contributed by atoms with E-state index in [2.05, 4.69) is 29.0 Å². The van der Waals surface area contributed by atoms with Crippen LogP contribution in [0.3, 0.4) is 0 Å². The zero-order chi connectivity index (χ0) is 25.4. The van der Waals surface area contributed by atoms with Crippen LogP contribution < -0.4 is 19.5 Å². The van der Waals surface area contributed by atoms with Gasteiger partial charge >= 0.3 is 0 Å². The van der Waals surface area contributed by atoms with Crippen molar-refractivity contribution in [3.8, 4) is 23.1 Å². The van der Waals surface area contributed by atoms with E-state index in [-0.39, 0.29) is 17.9 Å². The molecule has 1 aliphatic rings. The van der Waals surface area contributed by atoms with E-state index in [0.717, 1.165) is 36.3 Å². The average molecular weight is 490 g/mol. The van der Waals surface area contributed by atoms with E-state index in [9.17, 15) is 4.79 Å². The second-order valence-corrected chi connectivity index (χ2v) is 9.91. The fraction of sp³-hybridized carbons (Fsp3) is 0.379. The van der Waals surface area contributed by atoms with E-state index in [1.54, 1.807) is 13.3 Å². The number of nitrogens with one attached hydrogen (secondary N) is 1. The fourth-order valence-electron chi connectivity index (χ4n) is 4.18. The van der Waals surface area contributed by atoms with Crippen molar-refractivity contribution in [3.05, 3.63) is 78.0 Å². The molecule has 0 saturated carbocycles. The maximum atomic E-state index is 12.9. The summed E-state index contributed by atoms with van der Waals surface area (Å²) in [7, 11) is 1.64. The van der Waals surface area contributed by atoms with Crippen molar-refractivity contribution in [2.45, 2.75) is 39.8 Å². The van der Waals surface area contributed by atoms with E-state index in [0.29, 0.717) is 37.1 Å². The van der Waals surface area contributed by atoms with Crippen molar-refractivity contribution in [2.75, 3.05) is 26.8 Å². The third kappa shape index (κ3) is 7.21. The number of hydrogen-bond acceptors (Lipinski definition) is 6. The number of methoxy groups -OCH3 is 1. The van der Waals surface area contributed by atoms with E-state index >= 15 is 0 Å². The number of amides is 1. The summed E-state index contributed by atoms with van der Waals surface area (Å²) in [5.74, 6) is 2.64. The van der Waals surface area contributed by atoms with Gasteiger partial charge in [-0.3, -0.25) is 9.69 Å². The van der Waals surface area contributed by atoms with Crippen LogP contribution in [0.15, 0.2) is 66.9 Å². The van der Waals surface area contributed by atoms with E-state index < -0.39 is 0 Å². The summed E-state index contributed by atoms with van der Waals surface area (Å²) in [6, 6.07) is 19.3. The molecule has 4 rings (SSSR count). The Morgan fingerprint density at radius 2 is 1.86 bits per heavy atom. The molecule has 36 heavy (non-hydrogen) atoms. The maximum absolute atomic E-state index is 12.9. The number of rotatable bonds is 5. The number of carbonyl (C=O) groups excluding carboxylic acids is 1. The molecular formula is C29H35N3O4.